The molecule has 0 unspecified atom stereocenters. The molecule has 3 heterocycles. The summed E-state index contributed by atoms with van der Waals surface area (Å²) in [5.74, 6) is 0.173. The van der Waals surface area contributed by atoms with Gasteiger partial charge in [0.2, 0.25) is 5.95 Å². The average molecular weight is 499 g/mol. The van der Waals surface area contributed by atoms with Crippen molar-refractivity contribution in [2.75, 3.05) is 11.1 Å². The largest absolute Gasteiger partial charge is 0.368 e. The van der Waals surface area contributed by atoms with Crippen molar-refractivity contribution in [3.63, 3.8) is 0 Å². The predicted octanol–water partition coefficient (Wildman–Crippen LogP) is 4.65. The number of hydrogen-bond acceptors (Lipinski definition) is 7. The van der Waals surface area contributed by atoms with Crippen LogP contribution in [0.5, 0.6) is 0 Å². The van der Waals surface area contributed by atoms with Gasteiger partial charge in [0, 0.05) is 24.1 Å². The van der Waals surface area contributed by atoms with E-state index >= 15 is 4.39 Å². The van der Waals surface area contributed by atoms with Crippen LogP contribution in [0.4, 0.5) is 21.8 Å². The van der Waals surface area contributed by atoms with E-state index in [1.54, 1.807) is 24.7 Å². The minimum Gasteiger partial charge on any atom is -0.368 e. The predicted molar refractivity (Wildman–Crippen MR) is 143 cm³/mol. The van der Waals surface area contributed by atoms with Crippen molar-refractivity contribution in [1.82, 2.24) is 29.3 Å². The summed E-state index contributed by atoms with van der Waals surface area (Å²) in [6.07, 6.45) is 1.46. The number of fused-ring (bicyclic) bond motifs is 1. The summed E-state index contributed by atoms with van der Waals surface area (Å²) in [6, 6.07) is 14.5. The second kappa shape index (κ2) is 8.81. The zero-order valence-electron chi connectivity index (χ0n) is 21.2. The molecule has 3 N–H and O–H groups in total. The van der Waals surface area contributed by atoms with Crippen LogP contribution in [-0.2, 0) is 12.5 Å². The number of aromatic nitrogens is 6. The molecule has 0 saturated heterocycles. The van der Waals surface area contributed by atoms with Crippen LogP contribution in [-0.4, -0.2) is 29.3 Å². The fourth-order valence-electron chi connectivity index (χ4n) is 4.07. The Morgan fingerprint density at radius 3 is 2.49 bits per heavy atom. The maximum Gasteiger partial charge on any atom is 0.278 e. The molecule has 0 aliphatic rings. The smallest absolute Gasteiger partial charge is 0.278 e. The van der Waals surface area contributed by atoms with E-state index in [1.165, 1.54) is 16.8 Å². The molecule has 0 radical (unpaired) electrons. The lowest BCUT2D eigenvalue weighted by atomic mass is 9.92. The molecule has 0 atom stereocenters. The number of benzene rings is 2. The SMILES string of the molecule is Cc1cc(F)c(Nc2cc(C(C)(C)C)nn2-c2ccccc2)cc1-c1nc2cnc(N)nc2n(C)c1=O. The summed E-state index contributed by atoms with van der Waals surface area (Å²) >= 11 is 0. The first-order valence-electron chi connectivity index (χ1n) is 11.8. The van der Waals surface area contributed by atoms with Gasteiger partial charge < -0.3 is 11.1 Å². The van der Waals surface area contributed by atoms with Gasteiger partial charge in [-0.2, -0.15) is 10.1 Å². The number of anilines is 3. The third-order valence-electron chi connectivity index (χ3n) is 6.14. The average Bonchev–Trinajstić information content (AvgIpc) is 3.29. The van der Waals surface area contributed by atoms with Crippen molar-refractivity contribution in [2.24, 2.45) is 7.05 Å². The monoisotopic (exact) mass is 498 g/mol. The highest BCUT2D eigenvalue weighted by atomic mass is 19.1. The van der Waals surface area contributed by atoms with Crippen LogP contribution < -0.4 is 16.6 Å². The fourth-order valence-corrected chi connectivity index (χ4v) is 4.07. The number of halogens is 1. The van der Waals surface area contributed by atoms with Crippen LogP contribution in [0.2, 0.25) is 0 Å². The van der Waals surface area contributed by atoms with Crippen LogP contribution in [0.3, 0.4) is 0 Å². The Hall–Kier alpha value is -4.60. The number of nitrogens with one attached hydrogen (secondary N) is 1. The third-order valence-corrected chi connectivity index (χ3v) is 6.14. The van der Waals surface area contributed by atoms with Gasteiger partial charge in [0.25, 0.3) is 5.56 Å². The van der Waals surface area contributed by atoms with Crippen molar-refractivity contribution >= 4 is 28.6 Å². The normalized spacial score (nSPS) is 11.7. The summed E-state index contributed by atoms with van der Waals surface area (Å²) in [4.78, 5) is 25.8. The molecule has 0 fully saturated rings. The van der Waals surface area contributed by atoms with Crippen molar-refractivity contribution in [3.05, 3.63) is 82.2 Å². The first-order chi connectivity index (χ1) is 17.5. The Morgan fingerprint density at radius 1 is 1.05 bits per heavy atom. The first-order valence-corrected chi connectivity index (χ1v) is 11.8. The lowest BCUT2D eigenvalue weighted by Gasteiger charge is -2.14. The quantitative estimate of drug-likeness (QED) is 0.371. The van der Waals surface area contributed by atoms with Gasteiger partial charge in [0.1, 0.15) is 22.8 Å². The molecule has 10 heteroatoms. The highest BCUT2D eigenvalue weighted by Gasteiger charge is 2.22. The van der Waals surface area contributed by atoms with E-state index in [-0.39, 0.29) is 28.3 Å². The molecular formula is C27H27FN8O. The molecule has 5 rings (SSSR count). The van der Waals surface area contributed by atoms with Crippen molar-refractivity contribution < 1.29 is 4.39 Å². The standard InChI is InChI=1S/C27H27FN8O/c1-15-11-18(28)19(12-17(15)23-25(37)35(5)24-20(32-23)14-30-26(29)33-24)31-22-13-21(27(2,3)4)34-36(22)16-9-7-6-8-10-16/h6-14,31H,1-5H3,(H2,29,30,33). The number of para-hydroxylation sites is 1. The molecule has 0 aliphatic carbocycles. The highest BCUT2D eigenvalue weighted by molar-refractivity contribution is 5.77. The molecule has 5 aromatic rings. The Balaban J connectivity index is 1.65. The summed E-state index contributed by atoms with van der Waals surface area (Å²) in [7, 11) is 1.59. The summed E-state index contributed by atoms with van der Waals surface area (Å²) < 4.78 is 18.4. The van der Waals surface area contributed by atoms with E-state index in [2.05, 4.69) is 41.0 Å². The zero-order chi connectivity index (χ0) is 26.5. The van der Waals surface area contributed by atoms with E-state index in [0.29, 0.717) is 28.1 Å². The summed E-state index contributed by atoms with van der Waals surface area (Å²) in [5, 5.41) is 7.98. The van der Waals surface area contributed by atoms with Gasteiger partial charge in [0.05, 0.1) is 23.3 Å². The maximum atomic E-state index is 15.3. The van der Waals surface area contributed by atoms with Gasteiger partial charge in [-0.1, -0.05) is 39.0 Å². The minimum absolute atomic E-state index is 0.0474. The lowest BCUT2D eigenvalue weighted by Crippen LogP contribution is -2.22. The molecule has 0 amide bonds. The van der Waals surface area contributed by atoms with Crippen LogP contribution in [0.25, 0.3) is 28.1 Å². The van der Waals surface area contributed by atoms with Gasteiger partial charge in [-0.25, -0.2) is 19.0 Å². The molecule has 0 saturated carbocycles. The molecule has 0 spiro atoms. The molecule has 9 nitrogen and oxygen atoms in total. The topological polar surface area (TPSA) is 117 Å². The van der Waals surface area contributed by atoms with E-state index in [0.717, 1.165) is 11.4 Å². The van der Waals surface area contributed by atoms with Gasteiger partial charge in [-0.05, 0) is 36.8 Å². The van der Waals surface area contributed by atoms with Crippen molar-refractivity contribution in [3.8, 4) is 16.9 Å². The Bertz CT molecular complexity index is 1700. The third kappa shape index (κ3) is 4.42. The zero-order valence-corrected chi connectivity index (χ0v) is 21.2. The molecule has 37 heavy (non-hydrogen) atoms. The molecular weight excluding hydrogens is 471 g/mol. The van der Waals surface area contributed by atoms with E-state index in [4.69, 9.17) is 10.8 Å². The molecule has 2 aromatic carbocycles. The molecule has 0 aliphatic heterocycles. The lowest BCUT2D eigenvalue weighted by molar-refractivity contribution is 0.560. The van der Waals surface area contributed by atoms with Crippen LogP contribution in [0.15, 0.2) is 59.5 Å². The van der Waals surface area contributed by atoms with Crippen LogP contribution in [0.1, 0.15) is 32.0 Å². The van der Waals surface area contributed by atoms with Crippen molar-refractivity contribution in [2.45, 2.75) is 33.1 Å². The maximum absolute atomic E-state index is 15.3. The summed E-state index contributed by atoms with van der Waals surface area (Å²) in [6.45, 7) is 7.94. The second-order valence-corrected chi connectivity index (χ2v) is 9.95. The van der Waals surface area contributed by atoms with Crippen LogP contribution in [0, 0.1) is 12.7 Å². The van der Waals surface area contributed by atoms with Crippen LogP contribution >= 0.6 is 0 Å². The van der Waals surface area contributed by atoms with E-state index in [9.17, 15) is 4.79 Å². The number of nitrogens with two attached hydrogens (primary N) is 1. The Labute approximate surface area is 212 Å². The molecule has 188 valence electrons. The number of nitrogens with zero attached hydrogens (tertiary/aromatic N) is 6. The first kappa shape index (κ1) is 24.1. The molecule has 0 bridgehead atoms. The number of nitrogen functional groups attached to an aromatic ring is 1. The number of aryl methyl sites for hydroxylation is 2. The van der Waals surface area contributed by atoms with Gasteiger partial charge >= 0.3 is 0 Å². The summed E-state index contributed by atoms with van der Waals surface area (Å²) in [5.41, 5.74) is 8.89. The van der Waals surface area contributed by atoms with Gasteiger partial charge in [0.15, 0.2) is 5.65 Å². The van der Waals surface area contributed by atoms with E-state index < -0.39 is 5.82 Å². The highest BCUT2D eigenvalue weighted by Crippen LogP contribution is 2.32. The number of rotatable bonds is 4. The Morgan fingerprint density at radius 2 is 1.78 bits per heavy atom. The Kier molecular flexibility index (Phi) is 5.74. The van der Waals surface area contributed by atoms with Gasteiger partial charge in [-0.15, -0.1) is 0 Å². The minimum atomic E-state index is -0.465. The second-order valence-electron chi connectivity index (χ2n) is 9.95. The number of hydrogen-bond donors (Lipinski definition) is 2. The molecule has 3 aromatic heterocycles. The van der Waals surface area contributed by atoms with E-state index in [1.807, 2.05) is 36.4 Å². The van der Waals surface area contributed by atoms with Crippen molar-refractivity contribution in [1.29, 1.82) is 0 Å². The fraction of sp³-hybridized carbons (Fsp3) is 0.222. The van der Waals surface area contributed by atoms with Gasteiger partial charge in [-0.3, -0.25) is 9.36 Å².